The van der Waals surface area contributed by atoms with Crippen molar-refractivity contribution in [2.24, 2.45) is 0 Å². The number of carbonyl (C=O) groups is 1. The maximum absolute atomic E-state index is 11.7. The standard InChI is InChI=1S/C26H24O4/c27-26(28)23-13-7-12-22(23)24-16-21(29-17-19-8-3-1-4-9-19)14-15-25(24)30-18-20-10-5-2-6-11-20/h1-6,8-11,14-16H,7,12-13,17-18H2,(H,27,28). The zero-order valence-electron chi connectivity index (χ0n) is 16.7. The van der Waals surface area contributed by atoms with Crippen molar-refractivity contribution < 1.29 is 19.4 Å². The molecule has 0 bridgehead atoms. The maximum Gasteiger partial charge on any atom is 0.331 e. The predicted octanol–water partition coefficient (Wildman–Crippen LogP) is 5.87. The topological polar surface area (TPSA) is 55.8 Å². The number of rotatable bonds is 8. The number of aliphatic carboxylic acids is 1. The van der Waals surface area contributed by atoms with Gasteiger partial charge >= 0.3 is 5.97 Å². The maximum atomic E-state index is 11.7. The number of carboxylic acids is 1. The van der Waals surface area contributed by atoms with Crippen LogP contribution in [0.3, 0.4) is 0 Å². The molecule has 4 rings (SSSR count). The Morgan fingerprint density at radius 2 is 1.43 bits per heavy atom. The lowest BCUT2D eigenvalue weighted by Gasteiger charge is -2.16. The van der Waals surface area contributed by atoms with E-state index >= 15 is 0 Å². The van der Waals surface area contributed by atoms with E-state index < -0.39 is 5.97 Å². The molecule has 0 atom stereocenters. The Morgan fingerprint density at radius 3 is 2.07 bits per heavy atom. The molecule has 4 heteroatoms. The lowest BCUT2D eigenvalue weighted by molar-refractivity contribution is -0.132. The van der Waals surface area contributed by atoms with Crippen molar-refractivity contribution in [3.63, 3.8) is 0 Å². The van der Waals surface area contributed by atoms with E-state index in [1.807, 2.05) is 78.9 Å². The molecule has 0 radical (unpaired) electrons. The molecule has 0 amide bonds. The summed E-state index contributed by atoms with van der Waals surface area (Å²) in [6, 6.07) is 25.6. The quantitative estimate of drug-likeness (QED) is 0.514. The lowest BCUT2D eigenvalue weighted by atomic mass is 10.0. The van der Waals surface area contributed by atoms with Gasteiger partial charge in [0.05, 0.1) is 0 Å². The fourth-order valence-corrected chi connectivity index (χ4v) is 3.71. The van der Waals surface area contributed by atoms with Gasteiger partial charge in [-0.2, -0.15) is 0 Å². The van der Waals surface area contributed by atoms with Gasteiger partial charge in [-0.25, -0.2) is 4.79 Å². The molecule has 152 valence electrons. The summed E-state index contributed by atoms with van der Waals surface area (Å²) in [6.07, 6.45) is 2.15. The van der Waals surface area contributed by atoms with Gasteiger partial charge in [0.1, 0.15) is 24.7 Å². The molecule has 1 N–H and O–H groups in total. The second-order valence-corrected chi connectivity index (χ2v) is 7.32. The molecular weight excluding hydrogens is 376 g/mol. The third kappa shape index (κ3) is 4.71. The molecule has 1 aliphatic rings. The Bertz CT molecular complexity index is 1040. The first-order valence-electron chi connectivity index (χ1n) is 10.1. The van der Waals surface area contributed by atoms with Gasteiger partial charge in [0.15, 0.2) is 0 Å². The summed E-state index contributed by atoms with van der Waals surface area (Å²) in [5.74, 6) is 0.527. The largest absolute Gasteiger partial charge is 0.489 e. The van der Waals surface area contributed by atoms with Gasteiger partial charge in [-0.1, -0.05) is 60.7 Å². The minimum Gasteiger partial charge on any atom is -0.489 e. The van der Waals surface area contributed by atoms with Crippen molar-refractivity contribution in [3.05, 3.63) is 101 Å². The summed E-state index contributed by atoms with van der Waals surface area (Å²) < 4.78 is 12.1. The highest BCUT2D eigenvalue weighted by atomic mass is 16.5. The Hall–Kier alpha value is -3.53. The highest BCUT2D eigenvalue weighted by Gasteiger charge is 2.24. The number of carboxylic acid groups (broad SMARTS) is 1. The Labute approximate surface area is 176 Å². The van der Waals surface area contributed by atoms with Gasteiger partial charge in [-0.05, 0) is 54.2 Å². The third-order valence-electron chi connectivity index (χ3n) is 5.24. The monoisotopic (exact) mass is 400 g/mol. The van der Waals surface area contributed by atoms with Crippen LogP contribution in [0, 0.1) is 0 Å². The normalized spacial score (nSPS) is 13.3. The number of allylic oxidation sites excluding steroid dienone is 1. The molecule has 0 saturated carbocycles. The van der Waals surface area contributed by atoms with Crippen molar-refractivity contribution in [1.82, 2.24) is 0 Å². The first-order valence-corrected chi connectivity index (χ1v) is 10.1. The zero-order valence-corrected chi connectivity index (χ0v) is 16.7. The summed E-state index contributed by atoms with van der Waals surface area (Å²) in [6.45, 7) is 0.878. The molecule has 0 aliphatic heterocycles. The van der Waals surface area contributed by atoms with E-state index in [0.717, 1.165) is 35.1 Å². The molecule has 0 saturated heterocycles. The van der Waals surface area contributed by atoms with Crippen LogP contribution in [0.2, 0.25) is 0 Å². The highest BCUT2D eigenvalue weighted by Crippen LogP contribution is 2.40. The predicted molar refractivity (Wildman–Crippen MR) is 116 cm³/mol. The number of hydrogen-bond donors (Lipinski definition) is 1. The van der Waals surface area contributed by atoms with Crippen LogP contribution in [0.25, 0.3) is 5.57 Å². The van der Waals surface area contributed by atoms with Crippen molar-refractivity contribution >= 4 is 11.5 Å². The molecule has 4 nitrogen and oxygen atoms in total. The molecule has 3 aromatic carbocycles. The zero-order chi connectivity index (χ0) is 20.8. The second-order valence-electron chi connectivity index (χ2n) is 7.32. The molecule has 0 aromatic heterocycles. The van der Waals surface area contributed by atoms with E-state index in [1.165, 1.54) is 0 Å². The molecule has 1 aliphatic carbocycles. The summed E-state index contributed by atoms with van der Waals surface area (Å²) in [5, 5.41) is 9.64. The van der Waals surface area contributed by atoms with Gasteiger partial charge in [0.2, 0.25) is 0 Å². The second kappa shape index (κ2) is 9.31. The minimum absolute atomic E-state index is 0.424. The molecule has 0 spiro atoms. The summed E-state index contributed by atoms with van der Waals surface area (Å²) >= 11 is 0. The molecule has 0 heterocycles. The van der Waals surface area contributed by atoms with Crippen molar-refractivity contribution in [1.29, 1.82) is 0 Å². The van der Waals surface area contributed by atoms with Crippen molar-refractivity contribution in [2.45, 2.75) is 32.5 Å². The van der Waals surface area contributed by atoms with E-state index in [-0.39, 0.29) is 0 Å². The number of hydrogen-bond acceptors (Lipinski definition) is 3. The van der Waals surface area contributed by atoms with Gasteiger partial charge in [0, 0.05) is 11.1 Å². The first-order chi connectivity index (χ1) is 14.7. The van der Waals surface area contributed by atoms with Crippen LogP contribution >= 0.6 is 0 Å². The third-order valence-corrected chi connectivity index (χ3v) is 5.24. The van der Waals surface area contributed by atoms with Crippen molar-refractivity contribution in [3.8, 4) is 11.5 Å². The highest BCUT2D eigenvalue weighted by molar-refractivity contribution is 5.98. The molecule has 0 fully saturated rings. The fraction of sp³-hybridized carbons (Fsp3) is 0.192. The van der Waals surface area contributed by atoms with Crippen molar-refractivity contribution in [2.75, 3.05) is 0 Å². The molecule has 30 heavy (non-hydrogen) atoms. The van der Waals surface area contributed by atoms with Crippen LogP contribution in [-0.2, 0) is 18.0 Å². The van der Waals surface area contributed by atoms with Crippen LogP contribution < -0.4 is 9.47 Å². The average molecular weight is 400 g/mol. The van der Waals surface area contributed by atoms with E-state index in [2.05, 4.69) is 0 Å². The smallest absolute Gasteiger partial charge is 0.331 e. The minimum atomic E-state index is -0.855. The summed E-state index contributed by atoms with van der Waals surface area (Å²) in [7, 11) is 0. The Morgan fingerprint density at radius 1 is 0.800 bits per heavy atom. The van der Waals surface area contributed by atoms with Gasteiger partial charge in [-0.15, -0.1) is 0 Å². The fourth-order valence-electron chi connectivity index (χ4n) is 3.71. The van der Waals surface area contributed by atoms with Crippen LogP contribution in [0.1, 0.15) is 36.0 Å². The Balaban J connectivity index is 1.61. The van der Waals surface area contributed by atoms with E-state index in [4.69, 9.17) is 9.47 Å². The van der Waals surface area contributed by atoms with Crippen LogP contribution in [0.5, 0.6) is 11.5 Å². The lowest BCUT2D eigenvalue weighted by Crippen LogP contribution is -2.03. The first kappa shape index (κ1) is 19.8. The van der Waals surface area contributed by atoms with E-state index in [9.17, 15) is 9.90 Å². The van der Waals surface area contributed by atoms with Gasteiger partial charge in [-0.3, -0.25) is 0 Å². The molecule has 0 unspecified atom stereocenters. The van der Waals surface area contributed by atoms with Crippen LogP contribution in [0.4, 0.5) is 0 Å². The summed E-state index contributed by atoms with van der Waals surface area (Å²) in [5.41, 5.74) is 4.27. The van der Waals surface area contributed by atoms with Gasteiger partial charge in [0.25, 0.3) is 0 Å². The molecular formula is C26H24O4. The average Bonchev–Trinajstić information content (AvgIpc) is 3.28. The van der Waals surface area contributed by atoms with Crippen LogP contribution in [0.15, 0.2) is 84.4 Å². The summed E-state index contributed by atoms with van der Waals surface area (Å²) in [4.78, 5) is 11.7. The van der Waals surface area contributed by atoms with Gasteiger partial charge < -0.3 is 14.6 Å². The van der Waals surface area contributed by atoms with E-state index in [0.29, 0.717) is 36.7 Å². The molecule has 3 aromatic rings. The number of benzene rings is 3. The SMILES string of the molecule is O=C(O)C1=C(c2cc(OCc3ccccc3)ccc2OCc2ccccc2)CCC1. The van der Waals surface area contributed by atoms with E-state index in [1.54, 1.807) is 0 Å². The van der Waals surface area contributed by atoms with Crippen LogP contribution in [-0.4, -0.2) is 11.1 Å². The number of ether oxygens (including phenoxy) is 2. The Kier molecular flexibility index (Phi) is 6.14.